The Balaban J connectivity index is 1.67. The minimum Gasteiger partial charge on any atom is -0.326 e. The second-order valence-corrected chi connectivity index (χ2v) is 7.78. The van der Waals surface area contributed by atoms with E-state index >= 15 is 0 Å². The molecule has 0 unspecified atom stereocenters. The molecule has 1 aromatic rings. The third kappa shape index (κ3) is 3.53. The summed E-state index contributed by atoms with van der Waals surface area (Å²) in [6, 6.07) is 0.902. The number of urea groups is 1. The fraction of sp³-hybridized carbons (Fsp3) is 0.529. The molecule has 0 aromatic carbocycles. The molecule has 3 N–H and O–H groups in total. The van der Waals surface area contributed by atoms with Crippen LogP contribution in [0.3, 0.4) is 0 Å². The van der Waals surface area contributed by atoms with Gasteiger partial charge in [-0.05, 0) is 53.6 Å². The summed E-state index contributed by atoms with van der Waals surface area (Å²) in [5, 5.41) is 5.23. The number of rotatable bonds is 4. The predicted molar refractivity (Wildman–Crippen MR) is 98.6 cm³/mol. The number of imide groups is 1. The van der Waals surface area contributed by atoms with E-state index in [4.69, 9.17) is 0 Å². The predicted octanol–water partition coefficient (Wildman–Crippen LogP) is 1.97. The summed E-state index contributed by atoms with van der Waals surface area (Å²) in [6.07, 6.45) is 5.47. The van der Waals surface area contributed by atoms with Crippen LogP contribution in [0, 0.1) is 5.92 Å². The van der Waals surface area contributed by atoms with Gasteiger partial charge in [-0.15, -0.1) is 0 Å². The van der Waals surface area contributed by atoms with Crippen molar-refractivity contribution in [3.8, 4) is 0 Å². The highest BCUT2D eigenvalue weighted by atomic mass is 79.9. The Labute approximate surface area is 158 Å². The van der Waals surface area contributed by atoms with E-state index in [0.717, 1.165) is 24.2 Å². The molecule has 9 heteroatoms. The quantitative estimate of drug-likeness (QED) is 0.641. The zero-order valence-corrected chi connectivity index (χ0v) is 16.0. The Hall–Kier alpha value is -2.16. The van der Waals surface area contributed by atoms with Gasteiger partial charge in [-0.25, -0.2) is 4.79 Å². The number of aromatic amines is 1. The zero-order valence-electron chi connectivity index (χ0n) is 14.4. The molecule has 0 radical (unpaired) electrons. The molecule has 140 valence electrons. The van der Waals surface area contributed by atoms with Crippen molar-refractivity contribution in [3.05, 3.63) is 27.1 Å². The van der Waals surface area contributed by atoms with Crippen molar-refractivity contribution in [2.24, 2.45) is 5.92 Å². The van der Waals surface area contributed by atoms with Crippen LogP contribution in [0.5, 0.6) is 0 Å². The van der Waals surface area contributed by atoms with Crippen LogP contribution in [0.15, 0.2) is 21.5 Å². The third-order valence-corrected chi connectivity index (χ3v) is 5.68. The summed E-state index contributed by atoms with van der Waals surface area (Å²) < 4.78 is 0.592. The van der Waals surface area contributed by atoms with Gasteiger partial charge in [0.1, 0.15) is 17.8 Å². The number of nitrogens with one attached hydrogen (secondary N) is 3. The standard InChI is InChI=1S/C17H21BrN4O4/c1-2-10-3-5-17(6-4-10)15(25)22(16(26)21-17)9-13(23)20-12-7-11(18)8-19-14(12)24/h7-8,10H,2-6,9H2,1H3,(H,19,24)(H,20,23)(H,21,26). The van der Waals surface area contributed by atoms with E-state index in [-0.39, 0.29) is 11.6 Å². The number of carbonyl (C=O) groups excluding carboxylic acids is 3. The number of hydrogen-bond donors (Lipinski definition) is 3. The van der Waals surface area contributed by atoms with Gasteiger partial charge in [-0.3, -0.25) is 19.3 Å². The van der Waals surface area contributed by atoms with Gasteiger partial charge in [0.2, 0.25) is 5.91 Å². The number of halogens is 1. The molecule has 26 heavy (non-hydrogen) atoms. The molecule has 1 saturated carbocycles. The third-order valence-electron chi connectivity index (χ3n) is 5.23. The van der Waals surface area contributed by atoms with Crippen molar-refractivity contribution in [1.29, 1.82) is 0 Å². The van der Waals surface area contributed by atoms with Gasteiger partial charge in [0.25, 0.3) is 11.5 Å². The van der Waals surface area contributed by atoms with E-state index in [9.17, 15) is 19.2 Å². The summed E-state index contributed by atoms with van der Waals surface area (Å²) in [4.78, 5) is 52.4. The first-order valence-corrected chi connectivity index (χ1v) is 9.46. The van der Waals surface area contributed by atoms with Gasteiger partial charge in [0, 0.05) is 10.7 Å². The van der Waals surface area contributed by atoms with Crippen molar-refractivity contribution in [2.75, 3.05) is 11.9 Å². The Bertz CT molecular complexity index is 798. The smallest absolute Gasteiger partial charge is 0.325 e. The zero-order chi connectivity index (χ0) is 18.9. The molecular formula is C17H21BrN4O4. The fourth-order valence-electron chi connectivity index (χ4n) is 3.62. The SMILES string of the molecule is CCC1CCC2(CC1)NC(=O)N(CC(=O)Nc1cc(Br)c[nH]c1=O)C2=O. The topological polar surface area (TPSA) is 111 Å². The van der Waals surface area contributed by atoms with Gasteiger partial charge in [-0.1, -0.05) is 13.3 Å². The number of hydrogen-bond acceptors (Lipinski definition) is 4. The molecule has 2 heterocycles. The van der Waals surface area contributed by atoms with E-state index in [1.807, 2.05) is 0 Å². The normalized spacial score (nSPS) is 25.5. The Morgan fingerprint density at radius 1 is 1.35 bits per heavy atom. The highest BCUT2D eigenvalue weighted by Gasteiger charge is 2.52. The summed E-state index contributed by atoms with van der Waals surface area (Å²) in [5.74, 6) is -0.377. The first kappa shape index (κ1) is 18.6. The van der Waals surface area contributed by atoms with E-state index < -0.39 is 29.6 Å². The fourth-order valence-corrected chi connectivity index (χ4v) is 3.96. The molecule has 1 spiro atoms. The molecule has 1 aliphatic carbocycles. The minimum atomic E-state index is -0.879. The molecule has 0 atom stereocenters. The Morgan fingerprint density at radius 3 is 2.69 bits per heavy atom. The van der Waals surface area contributed by atoms with Crippen molar-refractivity contribution in [2.45, 2.75) is 44.6 Å². The average Bonchev–Trinajstić information content (AvgIpc) is 2.83. The molecule has 1 aliphatic heterocycles. The first-order valence-electron chi connectivity index (χ1n) is 8.67. The van der Waals surface area contributed by atoms with Crippen LogP contribution in [0.25, 0.3) is 0 Å². The maximum atomic E-state index is 12.8. The van der Waals surface area contributed by atoms with Crippen LogP contribution >= 0.6 is 15.9 Å². The molecule has 4 amide bonds. The molecule has 3 rings (SSSR count). The van der Waals surface area contributed by atoms with Crippen LogP contribution < -0.4 is 16.2 Å². The Morgan fingerprint density at radius 2 is 2.04 bits per heavy atom. The van der Waals surface area contributed by atoms with Crippen LogP contribution in [-0.4, -0.2) is 39.8 Å². The number of pyridine rings is 1. The van der Waals surface area contributed by atoms with E-state index in [2.05, 4.69) is 38.5 Å². The molecule has 2 fully saturated rings. The highest BCUT2D eigenvalue weighted by molar-refractivity contribution is 9.10. The molecule has 0 bridgehead atoms. The molecule has 1 aromatic heterocycles. The lowest BCUT2D eigenvalue weighted by atomic mass is 9.75. The number of anilines is 1. The number of H-pyrrole nitrogens is 1. The summed E-state index contributed by atoms with van der Waals surface area (Å²) in [7, 11) is 0. The number of carbonyl (C=O) groups is 3. The second kappa shape index (κ2) is 7.22. The van der Waals surface area contributed by atoms with Crippen molar-refractivity contribution < 1.29 is 14.4 Å². The lowest BCUT2D eigenvalue weighted by molar-refractivity contribution is -0.135. The lowest BCUT2D eigenvalue weighted by Crippen LogP contribution is -2.49. The highest BCUT2D eigenvalue weighted by Crippen LogP contribution is 2.37. The number of amides is 4. The average molecular weight is 425 g/mol. The second-order valence-electron chi connectivity index (χ2n) is 6.86. The van der Waals surface area contributed by atoms with Crippen molar-refractivity contribution in [3.63, 3.8) is 0 Å². The summed E-state index contributed by atoms with van der Waals surface area (Å²) >= 11 is 3.20. The van der Waals surface area contributed by atoms with Crippen LogP contribution in [-0.2, 0) is 9.59 Å². The maximum absolute atomic E-state index is 12.8. The van der Waals surface area contributed by atoms with E-state index in [1.54, 1.807) is 0 Å². The monoisotopic (exact) mass is 424 g/mol. The summed E-state index contributed by atoms with van der Waals surface area (Å²) in [5.41, 5.74) is -1.29. The minimum absolute atomic E-state index is 0.0506. The van der Waals surface area contributed by atoms with Gasteiger partial charge < -0.3 is 15.6 Å². The van der Waals surface area contributed by atoms with E-state index in [0.29, 0.717) is 23.2 Å². The summed E-state index contributed by atoms with van der Waals surface area (Å²) in [6.45, 7) is 1.70. The van der Waals surface area contributed by atoms with Gasteiger partial charge in [0.05, 0.1) is 0 Å². The lowest BCUT2D eigenvalue weighted by Gasteiger charge is -2.34. The van der Waals surface area contributed by atoms with Crippen LogP contribution in [0.4, 0.5) is 10.5 Å². The van der Waals surface area contributed by atoms with Crippen LogP contribution in [0.2, 0.25) is 0 Å². The van der Waals surface area contributed by atoms with Gasteiger partial charge in [-0.2, -0.15) is 0 Å². The molecule has 1 saturated heterocycles. The van der Waals surface area contributed by atoms with Crippen molar-refractivity contribution >= 4 is 39.5 Å². The molecular weight excluding hydrogens is 404 g/mol. The largest absolute Gasteiger partial charge is 0.326 e. The molecule has 2 aliphatic rings. The number of nitrogens with zero attached hydrogens (tertiary/aromatic N) is 1. The Kier molecular flexibility index (Phi) is 5.17. The first-order chi connectivity index (χ1) is 12.3. The van der Waals surface area contributed by atoms with E-state index in [1.165, 1.54) is 12.3 Å². The maximum Gasteiger partial charge on any atom is 0.325 e. The number of aromatic nitrogens is 1. The molecule has 8 nitrogen and oxygen atoms in total. The van der Waals surface area contributed by atoms with Gasteiger partial charge >= 0.3 is 6.03 Å². The van der Waals surface area contributed by atoms with Crippen LogP contribution in [0.1, 0.15) is 39.0 Å². The van der Waals surface area contributed by atoms with Gasteiger partial charge in [0.15, 0.2) is 0 Å². The van der Waals surface area contributed by atoms with Crippen molar-refractivity contribution in [1.82, 2.24) is 15.2 Å².